The highest BCUT2D eigenvalue weighted by Crippen LogP contribution is 2.28. The third-order valence-corrected chi connectivity index (χ3v) is 2.89. The Balaban J connectivity index is 2.32. The molecule has 1 aromatic carbocycles. The summed E-state index contributed by atoms with van der Waals surface area (Å²) in [6.07, 6.45) is -2.81. The number of anilines is 1. The van der Waals surface area contributed by atoms with Crippen molar-refractivity contribution in [2.75, 3.05) is 5.32 Å². The predicted octanol–water partition coefficient (Wildman–Crippen LogP) is 2.93. The van der Waals surface area contributed by atoms with E-state index in [1.54, 1.807) is 0 Å². The highest BCUT2D eigenvalue weighted by Gasteiger charge is 2.38. The minimum absolute atomic E-state index is 0.0354. The number of alkyl halides is 2. The maximum absolute atomic E-state index is 13.1. The van der Waals surface area contributed by atoms with E-state index in [4.69, 9.17) is 0 Å². The van der Waals surface area contributed by atoms with Crippen molar-refractivity contribution in [1.82, 2.24) is 10.2 Å². The van der Waals surface area contributed by atoms with Gasteiger partial charge in [0, 0.05) is 5.39 Å². The van der Waals surface area contributed by atoms with Gasteiger partial charge in [0.1, 0.15) is 11.2 Å². The Hall–Kier alpha value is -2.05. The van der Waals surface area contributed by atoms with Gasteiger partial charge in [-0.3, -0.25) is 9.89 Å². The van der Waals surface area contributed by atoms with E-state index in [1.165, 1.54) is 18.2 Å². The SMILES string of the molecule is CC(C)(C(=O)Nc1n[nH]c2ccc(F)cc12)C(F)F. The number of carbonyl (C=O) groups excluding carboxylic acids is 1. The van der Waals surface area contributed by atoms with Gasteiger partial charge in [-0.2, -0.15) is 5.10 Å². The van der Waals surface area contributed by atoms with Crippen molar-refractivity contribution in [1.29, 1.82) is 0 Å². The molecule has 0 radical (unpaired) electrons. The Kier molecular flexibility index (Phi) is 3.21. The Labute approximate surface area is 107 Å². The molecule has 0 unspecified atom stereocenters. The summed E-state index contributed by atoms with van der Waals surface area (Å²) >= 11 is 0. The number of carbonyl (C=O) groups is 1. The lowest BCUT2D eigenvalue weighted by Gasteiger charge is -2.21. The Morgan fingerprint density at radius 3 is 2.74 bits per heavy atom. The van der Waals surface area contributed by atoms with Gasteiger partial charge in [-0.15, -0.1) is 0 Å². The van der Waals surface area contributed by atoms with Crippen LogP contribution in [0.3, 0.4) is 0 Å². The summed E-state index contributed by atoms with van der Waals surface area (Å²) in [6, 6.07) is 3.85. The number of halogens is 3. The number of H-pyrrole nitrogens is 1. The van der Waals surface area contributed by atoms with Crippen molar-refractivity contribution >= 4 is 22.6 Å². The van der Waals surface area contributed by atoms with E-state index in [9.17, 15) is 18.0 Å². The molecular formula is C12H12F3N3O. The van der Waals surface area contributed by atoms with Gasteiger partial charge in [-0.05, 0) is 32.0 Å². The Morgan fingerprint density at radius 1 is 1.42 bits per heavy atom. The summed E-state index contributed by atoms with van der Waals surface area (Å²) in [5.74, 6) is -1.34. The minimum atomic E-state index is -2.81. The summed E-state index contributed by atoms with van der Waals surface area (Å²) in [7, 11) is 0. The topological polar surface area (TPSA) is 57.8 Å². The highest BCUT2D eigenvalue weighted by atomic mass is 19.3. The molecule has 2 N–H and O–H groups in total. The number of nitrogens with one attached hydrogen (secondary N) is 2. The number of amides is 1. The van der Waals surface area contributed by atoms with Crippen LogP contribution in [-0.4, -0.2) is 22.5 Å². The second-order valence-corrected chi connectivity index (χ2v) is 4.74. The average Bonchev–Trinajstić information content (AvgIpc) is 2.71. The van der Waals surface area contributed by atoms with E-state index in [-0.39, 0.29) is 5.82 Å². The number of fused-ring (bicyclic) bond motifs is 1. The van der Waals surface area contributed by atoms with Crippen molar-refractivity contribution in [3.05, 3.63) is 24.0 Å². The molecule has 0 bridgehead atoms. The molecule has 0 aliphatic heterocycles. The molecular weight excluding hydrogens is 259 g/mol. The third kappa shape index (κ3) is 2.40. The lowest BCUT2D eigenvalue weighted by molar-refractivity contribution is -0.131. The molecule has 19 heavy (non-hydrogen) atoms. The number of benzene rings is 1. The third-order valence-electron chi connectivity index (χ3n) is 2.89. The molecule has 1 amide bonds. The van der Waals surface area contributed by atoms with Crippen molar-refractivity contribution in [2.45, 2.75) is 20.3 Å². The summed E-state index contributed by atoms with van der Waals surface area (Å²) in [4.78, 5) is 11.8. The van der Waals surface area contributed by atoms with E-state index in [0.29, 0.717) is 10.9 Å². The number of aromatic nitrogens is 2. The monoisotopic (exact) mass is 271 g/mol. The maximum Gasteiger partial charge on any atom is 0.252 e. The quantitative estimate of drug-likeness (QED) is 0.901. The van der Waals surface area contributed by atoms with Gasteiger partial charge in [0.15, 0.2) is 5.82 Å². The molecule has 0 spiro atoms. The zero-order valence-electron chi connectivity index (χ0n) is 10.3. The van der Waals surface area contributed by atoms with Crippen LogP contribution in [0.5, 0.6) is 0 Å². The fourth-order valence-electron chi connectivity index (χ4n) is 1.45. The summed E-state index contributed by atoms with van der Waals surface area (Å²) in [5.41, 5.74) is -1.34. The van der Waals surface area contributed by atoms with Crippen LogP contribution in [0, 0.1) is 11.2 Å². The van der Waals surface area contributed by atoms with Gasteiger partial charge >= 0.3 is 0 Å². The molecule has 7 heteroatoms. The lowest BCUT2D eigenvalue weighted by Crippen LogP contribution is -2.37. The summed E-state index contributed by atoms with van der Waals surface area (Å²) in [6.45, 7) is 2.25. The van der Waals surface area contributed by atoms with E-state index in [1.807, 2.05) is 0 Å². The number of hydrogen-bond donors (Lipinski definition) is 2. The standard InChI is InChI=1S/C12H12F3N3O/c1-12(2,10(14)15)11(19)16-9-7-5-6(13)3-4-8(7)17-18-9/h3-5,10H,1-2H3,(H2,16,17,18,19). The molecule has 0 saturated heterocycles. The van der Waals surface area contributed by atoms with Crippen molar-refractivity contribution < 1.29 is 18.0 Å². The number of rotatable bonds is 3. The normalized spacial score (nSPS) is 12.1. The number of aromatic amines is 1. The van der Waals surface area contributed by atoms with Crippen molar-refractivity contribution in [2.24, 2.45) is 5.41 Å². The highest BCUT2D eigenvalue weighted by molar-refractivity contribution is 6.01. The van der Waals surface area contributed by atoms with Crippen molar-refractivity contribution in [3.63, 3.8) is 0 Å². The first kappa shape index (κ1) is 13.4. The van der Waals surface area contributed by atoms with Crippen LogP contribution < -0.4 is 5.32 Å². The van der Waals surface area contributed by atoms with Gasteiger partial charge in [-0.1, -0.05) is 0 Å². The average molecular weight is 271 g/mol. The molecule has 0 aliphatic rings. The molecule has 4 nitrogen and oxygen atoms in total. The van der Waals surface area contributed by atoms with Crippen LogP contribution in [0.15, 0.2) is 18.2 Å². The first-order valence-corrected chi connectivity index (χ1v) is 5.55. The number of hydrogen-bond acceptors (Lipinski definition) is 2. The van der Waals surface area contributed by atoms with Gasteiger partial charge in [-0.25, -0.2) is 13.2 Å². The molecule has 2 rings (SSSR count). The van der Waals surface area contributed by atoms with Crippen LogP contribution in [0.1, 0.15) is 13.8 Å². The molecule has 102 valence electrons. The van der Waals surface area contributed by atoms with Gasteiger partial charge in [0.2, 0.25) is 5.91 Å². The zero-order valence-corrected chi connectivity index (χ0v) is 10.3. The largest absolute Gasteiger partial charge is 0.308 e. The molecule has 1 aromatic heterocycles. The Morgan fingerprint density at radius 2 is 2.11 bits per heavy atom. The molecule has 0 aliphatic carbocycles. The maximum atomic E-state index is 13.1. The fraction of sp³-hybridized carbons (Fsp3) is 0.333. The van der Waals surface area contributed by atoms with Crippen LogP contribution in [-0.2, 0) is 4.79 Å². The second kappa shape index (κ2) is 4.56. The molecule has 0 atom stereocenters. The van der Waals surface area contributed by atoms with Crippen LogP contribution in [0.2, 0.25) is 0 Å². The van der Waals surface area contributed by atoms with E-state index >= 15 is 0 Å². The summed E-state index contributed by atoms with van der Waals surface area (Å²) < 4.78 is 38.6. The minimum Gasteiger partial charge on any atom is -0.308 e. The van der Waals surface area contributed by atoms with E-state index < -0.39 is 23.6 Å². The fourth-order valence-corrected chi connectivity index (χ4v) is 1.45. The smallest absolute Gasteiger partial charge is 0.252 e. The lowest BCUT2D eigenvalue weighted by atomic mass is 9.93. The molecule has 1 heterocycles. The van der Waals surface area contributed by atoms with Gasteiger partial charge < -0.3 is 5.32 Å². The first-order valence-electron chi connectivity index (χ1n) is 5.55. The van der Waals surface area contributed by atoms with Gasteiger partial charge in [0.05, 0.1) is 5.52 Å². The van der Waals surface area contributed by atoms with Gasteiger partial charge in [0.25, 0.3) is 6.43 Å². The van der Waals surface area contributed by atoms with Crippen LogP contribution in [0.4, 0.5) is 19.0 Å². The van der Waals surface area contributed by atoms with Crippen LogP contribution >= 0.6 is 0 Å². The van der Waals surface area contributed by atoms with E-state index in [0.717, 1.165) is 13.8 Å². The summed E-state index contributed by atoms with van der Waals surface area (Å²) in [5, 5.41) is 8.98. The molecule has 0 saturated carbocycles. The van der Waals surface area contributed by atoms with Crippen LogP contribution in [0.25, 0.3) is 10.9 Å². The molecule has 2 aromatic rings. The van der Waals surface area contributed by atoms with Crippen molar-refractivity contribution in [3.8, 4) is 0 Å². The predicted molar refractivity (Wildman–Crippen MR) is 64.5 cm³/mol. The zero-order chi connectivity index (χ0) is 14.2. The Bertz CT molecular complexity index is 622. The first-order chi connectivity index (χ1) is 8.82. The molecule has 0 fully saturated rings. The number of nitrogens with zero attached hydrogens (tertiary/aromatic N) is 1. The van der Waals surface area contributed by atoms with E-state index in [2.05, 4.69) is 15.5 Å². The second-order valence-electron chi connectivity index (χ2n) is 4.74.